The molecule has 2 heterocycles. The van der Waals surface area contributed by atoms with Crippen LogP contribution < -0.4 is 24.3 Å². The molecule has 29 heavy (non-hydrogen) atoms. The third kappa shape index (κ3) is 3.97. The van der Waals surface area contributed by atoms with Crippen LogP contribution in [-0.2, 0) is 6.42 Å². The number of hydrogen-bond donors (Lipinski definition) is 1. The quantitative estimate of drug-likeness (QED) is 0.658. The van der Waals surface area contributed by atoms with Crippen LogP contribution in [0.1, 0.15) is 26.5 Å². The lowest BCUT2D eigenvalue weighted by Crippen LogP contribution is -2.13. The summed E-state index contributed by atoms with van der Waals surface area (Å²) >= 11 is 1.45. The highest BCUT2D eigenvalue weighted by Gasteiger charge is 2.18. The van der Waals surface area contributed by atoms with Crippen LogP contribution in [0.25, 0.3) is 0 Å². The molecule has 0 spiro atoms. The summed E-state index contributed by atoms with van der Waals surface area (Å²) in [6.45, 7) is 2.19. The number of aromatic nitrogens is 1. The maximum Gasteiger partial charge on any atom is 0.261 e. The predicted octanol–water partition coefficient (Wildman–Crippen LogP) is 4.04. The van der Waals surface area contributed by atoms with E-state index in [1.54, 1.807) is 25.3 Å². The highest BCUT2D eigenvalue weighted by atomic mass is 32.1. The third-order valence-electron chi connectivity index (χ3n) is 4.57. The van der Waals surface area contributed by atoms with Gasteiger partial charge < -0.3 is 18.9 Å². The number of methoxy groups -OCH3 is 2. The number of carbonyl (C=O) groups excluding carboxylic acids is 1. The highest BCUT2D eigenvalue weighted by Crippen LogP contribution is 2.34. The molecule has 150 valence electrons. The number of ether oxygens (including phenoxy) is 4. The summed E-state index contributed by atoms with van der Waals surface area (Å²) in [7, 11) is 3.08. The zero-order valence-electron chi connectivity index (χ0n) is 16.3. The zero-order valence-corrected chi connectivity index (χ0v) is 17.1. The van der Waals surface area contributed by atoms with Gasteiger partial charge in [0.1, 0.15) is 11.5 Å². The third-order valence-corrected chi connectivity index (χ3v) is 5.64. The Labute approximate surface area is 172 Å². The van der Waals surface area contributed by atoms with Crippen molar-refractivity contribution in [3.05, 3.63) is 58.1 Å². The van der Waals surface area contributed by atoms with Crippen LogP contribution in [0.2, 0.25) is 0 Å². The molecule has 8 heteroatoms. The normalized spacial score (nSPS) is 12.0. The van der Waals surface area contributed by atoms with Gasteiger partial charge in [-0.2, -0.15) is 0 Å². The Hall–Kier alpha value is -3.26. The number of aryl methyl sites for hydroxylation is 1. The molecule has 0 radical (unpaired) electrons. The molecular formula is C21H20N2O5S. The number of nitrogens with zero attached hydrogens (tertiary/aromatic N) is 1. The second-order valence-electron chi connectivity index (χ2n) is 6.41. The molecule has 0 aliphatic carbocycles. The lowest BCUT2D eigenvalue weighted by molar-refractivity contribution is 0.102. The fourth-order valence-electron chi connectivity index (χ4n) is 3.03. The second-order valence-corrected chi connectivity index (χ2v) is 7.50. The molecule has 7 nitrogen and oxygen atoms in total. The molecule has 1 N–H and O–H groups in total. The summed E-state index contributed by atoms with van der Waals surface area (Å²) in [5.41, 5.74) is 2.39. The minimum atomic E-state index is -0.284. The number of thiazole rings is 1. The number of fused-ring (bicyclic) bond motifs is 1. The van der Waals surface area contributed by atoms with Crippen LogP contribution in [0, 0.1) is 6.92 Å². The standard InChI is InChI=1S/C21H20N2O5S/c1-12-19(9-13-4-7-16-18(8-13)28-11-27-16)29-21(22-12)23-20(24)15-6-5-14(25-2)10-17(15)26-3/h4-8,10H,9,11H2,1-3H3,(H,22,23,24). The first-order chi connectivity index (χ1) is 14.1. The zero-order chi connectivity index (χ0) is 20.4. The highest BCUT2D eigenvalue weighted by molar-refractivity contribution is 7.15. The van der Waals surface area contributed by atoms with E-state index < -0.39 is 0 Å². The van der Waals surface area contributed by atoms with E-state index in [-0.39, 0.29) is 12.7 Å². The van der Waals surface area contributed by atoms with Gasteiger partial charge in [-0.25, -0.2) is 4.98 Å². The van der Waals surface area contributed by atoms with Gasteiger partial charge in [0.25, 0.3) is 5.91 Å². The average Bonchev–Trinajstić information content (AvgIpc) is 3.33. The van der Waals surface area contributed by atoms with E-state index in [1.807, 2.05) is 25.1 Å². The van der Waals surface area contributed by atoms with E-state index in [4.69, 9.17) is 18.9 Å². The topological polar surface area (TPSA) is 78.9 Å². The van der Waals surface area contributed by atoms with Gasteiger partial charge in [0.05, 0.1) is 25.5 Å². The van der Waals surface area contributed by atoms with Crippen molar-refractivity contribution in [2.45, 2.75) is 13.3 Å². The Kier molecular flexibility index (Phi) is 5.26. The van der Waals surface area contributed by atoms with Crippen molar-refractivity contribution in [3.63, 3.8) is 0 Å². The molecule has 0 bridgehead atoms. The van der Waals surface area contributed by atoms with Gasteiger partial charge in [0.15, 0.2) is 16.6 Å². The van der Waals surface area contributed by atoms with Crippen molar-refractivity contribution in [1.29, 1.82) is 0 Å². The lowest BCUT2D eigenvalue weighted by atomic mass is 10.1. The minimum absolute atomic E-state index is 0.253. The number of amides is 1. The fourth-order valence-corrected chi connectivity index (χ4v) is 4.02. The maximum atomic E-state index is 12.7. The summed E-state index contributed by atoms with van der Waals surface area (Å²) in [5.74, 6) is 2.29. The number of nitrogens with one attached hydrogen (secondary N) is 1. The van der Waals surface area contributed by atoms with Gasteiger partial charge in [-0.05, 0) is 36.8 Å². The van der Waals surface area contributed by atoms with Crippen molar-refractivity contribution in [3.8, 4) is 23.0 Å². The summed E-state index contributed by atoms with van der Waals surface area (Å²) in [6.07, 6.45) is 0.696. The lowest BCUT2D eigenvalue weighted by Gasteiger charge is -2.09. The Balaban J connectivity index is 1.50. The molecule has 0 saturated heterocycles. The van der Waals surface area contributed by atoms with Gasteiger partial charge in [0, 0.05) is 17.4 Å². The Morgan fingerprint density at radius 3 is 2.76 bits per heavy atom. The van der Waals surface area contributed by atoms with Crippen LogP contribution >= 0.6 is 11.3 Å². The predicted molar refractivity (Wildman–Crippen MR) is 110 cm³/mol. The Morgan fingerprint density at radius 2 is 1.97 bits per heavy atom. The molecule has 2 aromatic carbocycles. The van der Waals surface area contributed by atoms with Gasteiger partial charge in [-0.15, -0.1) is 11.3 Å². The van der Waals surface area contributed by atoms with Gasteiger partial charge >= 0.3 is 0 Å². The number of anilines is 1. The van der Waals surface area contributed by atoms with Crippen LogP contribution in [0.5, 0.6) is 23.0 Å². The van der Waals surface area contributed by atoms with E-state index in [9.17, 15) is 4.79 Å². The van der Waals surface area contributed by atoms with Crippen molar-refractivity contribution in [2.75, 3.05) is 26.3 Å². The molecular weight excluding hydrogens is 392 g/mol. The molecule has 0 unspecified atom stereocenters. The van der Waals surface area contributed by atoms with Crippen molar-refractivity contribution < 1.29 is 23.7 Å². The summed E-state index contributed by atoms with van der Waals surface area (Å²) in [5, 5.41) is 3.40. The molecule has 0 atom stereocenters. The average molecular weight is 412 g/mol. The number of hydrogen-bond acceptors (Lipinski definition) is 7. The number of carbonyl (C=O) groups is 1. The minimum Gasteiger partial charge on any atom is -0.497 e. The molecule has 1 amide bonds. The van der Waals surface area contributed by atoms with E-state index in [0.717, 1.165) is 27.6 Å². The van der Waals surface area contributed by atoms with Crippen molar-refractivity contribution in [2.24, 2.45) is 0 Å². The van der Waals surface area contributed by atoms with Crippen LogP contribution in [0.15, 0.2) is 36.4 Å². The van der Waals surface area contributed by atoms with E-state index in [0.29, 0.717) is 28.6 Å². The Morgan fingerprint density at radius 1 is 1.14 bits per heavy atom. The first-order valence-corrected chi connectivity index (χ1v) is 9.77. The summed E-state index contributed by atoms with van der Waals surface area (Å²) < 4.78 is 21.3. The van der Waals surface area contributed by atoms with Gasteiger partial charge in [0.2, 0.25) is 6.79 Å². The molecule has 4 rings (SSSR count). The SMILES string of the molecule is COc1ccc(C(=O)Nc2nc(C)c(Cc3ccc4c(c3)OCO4)s2)c(OC)c1. The number of benzene rings is 2. The summed E-state index contributed by atoms with van der Waals surface area (Å²) in [4.78, 5) is 18.3. The molecule has 0 saturated carbocycles. The van der Waals surface area contributed by atoms with E-state index >= 15 is 0 Å². The molecule has 1 aromatic heterocycles. The Bertz CT molecular complexity index is 1060. The van der Waals surface area contributed by atoms with E-state index in [1.165, 1.54) is 18.4 Å². The van der Waals surface area contributed by atoms with E-state index in [2.05, 4.69) is 10.3 Å². The van der Waals surface area contributed by atoms with Gasteiger partial charge in [-0.3, -0.25) is 10.1 Å². The maximum absolute atomic E-state index is 12.7. The molecule has 0 fully saturated rings. The first kappa shape index (κ1) is 19.1. The second kappa shape index (κ2) is 8.00. The monoisotopic (exact) mass is 412 g/mol. The molecule has 1 aliphatic heterocycles. The van der Waals surface area contributed by atoms with Crippen LogP contribution in [-0.4, -0.2) is 31.9 Å². The van der Waals surface area contributed by atoms with Crippen molar-refractivity contribution >= 4 is 22.4 Å². The molecule has 1 aliphatic rings. The van der Waals surface area contributed by atoms with Crippen LogP contribution in [0.4, 0.5) is 5.13 Å². The first-order valence-electron chi connectivity index (χ1n) is 8.95. The summed E-state index contributed by atoms with van der Waals surface area (Å²) in [6, 6.07) is 10.9. The number of rotatable bonds is 6. The fraction of sp³-hybridized carbons (Fsp3) is 0.238. The molecule has 3 aromatic rings. The van der Waals surface area contributed by atoms with Crippen LogP contribution in [0.3, 0.4) is 0 Å². The van der Waals surface area contributed by atoms with Crippen molar-refractivity contribution in [1.82, 2.24) is 4.98 Å². The largest absolute Gasteiger partial charge is 0.497 e. The van der Waals surface area contributed by atoms with Gasteiger partial charge in [-0.1, -0.05) is 6.07 Å². The smallest absolute Gasteiger partial charge is 0.261 e.